The lowest BCUT2D eigenvalue weighted by atomic mass is 10.2. The van der Waals surface area contributed by atoms with Gasteiger partial charge in [-0.05, 0) is 12.8 Å². The predicted molar refractivity (Wildman–Crippen MR) is 46.9 cm³/mol. The first-order chi connectivity index (χ1) is 5.86. The summed E-state index contributed by atoms with van der Waals surface area (Å²) in [6, 6.07) is 0. The highest BCUT2D eigenvalue weighted by Gasteiger charge is 2.03. The number of aromatic nitrogens is 2. The largest absolute Gasteiger partial charge is 0.425 e. The maximum Gasteiger partial charge on any atom is 0.216 e. The number of aryl methyl sites for hydroxylation is 2. The molecule has 0 aliphatic carbocycles. The van der Waals surface area contributed by atoms with E-state index in [9.17, 15) is 0 Å². The fourth-order valence-corrected chi connectivity index (χ4v) is 1.03. The average Bonchev–Trinajstić information content (AvgIpc) is 2.50. The second kappa shape index (κ2) is 4.91. The van der Waals surface area contributed by atoms with Crippen LogP contribution in [0.2, 0.25) is 0 Å². The van der Waals surface area contributed by atoms with Crippen LogP contribution in [0.3, 0.4) is 0 Å². The van der Waals surface area contributed by atoms with Crippen LogP contribution in [-0.2, 0) is 12.8 Å². The summed E-state index contributed by atoms with van der Waals surface area (Å²) in [5.74, 6) is 1.57. The Labute approximate surface area is 73.2 Å². The Balaban J connectivity index is 2.41. The van der Waals surface area contributed by atoms with Crippen LogP contribution in [0, 0.1) is 0 Å². The number of rotatable bonds is 5. The van der Waals surface area contributed by atoms with Crippen LogP contribution in [0.5, 0.6) is 0 Å². The maximum atomic E-state index is 5.40. The zero-order valence-electron chi connectivity index (χ0n) is 7.84. The van der Waals surface area contributed by atoms with Crippen molar-refractivity contribution in [1.29, 1.82) is 0 Å². The highest BCUT2D eigenvalue weighted by Crippen LogP contribution is 2.05. The molecule has 1 rings (SSSR count). The van der Waals surface area contributed by atoms with E-state index in [0.29, 0.717) is 0 Å². The fourth-order valence-electron chi connectivity index (χ4n) is 1.03. The lowest BCUT2D eigenvalue weighted by Crippen LogP contribution is -1.83. The zero-order valence-corrected chi connectivity index (χ0v) is 7.84. The molecule has 68 valence electrons. The van der Waals surface area contributed by atoms with Crippen LogP contribution < -0.4 is 0 Å². The van der Waals surface area contributed by atoms with Gasteiger partial charge in [-0.1, -0.05) is 20.3 Å². The quantitative estimate of drug-likeness (QED) is 0.677. The molecular weight excluding hydrogens is 152 g/mol. The number of unbranched alkanes of at least 4 members (excludes halogenated alkanes) is 1. The molecule has 0 aromatic carbocycles. The number of hydrogen-bond donors (Lipinski definition) is 0. The third-order valence-corrected chi connectivity index (χ3v) is 1.72. The SMILES string of the molecule is CCCCc1nnc(CCC)o1. The van der Waals surface area contributed by atoms with Crippen molar-refractivity contribution in [3.05, 3.63) is 11.8 Å². The van der Waals surface area contributed by atoms with Crippen molar-refractivity contribution in [2.45, 2.75) is 46.0 Å². The molecule has 0 unspecified atom stereocenters. The van der Waals surface area contributed by atoms with E-state index in [1.807, 2.05) is 0 Å². The van der Waals surface area contributed by atoms with E-state index in [-0.39, 0.29) is 0 Å². The second-order valence-electron chi connectivity index (χ2n) is 2.94. The molecule has 3 nitrogen and oxygen atoms in total. The molecule has 0 saturated carbocycles. The van der Waals surface area contributed by atoms with Crippen molar-refractivity contribution in [1.82, 2.24) is 10.2 Å². The predicted octanol–water partition coefficient (Wildman–Crippen LogP) is 2.36. The van der Waals surface area contributed by atoms with Crippen LogP contribution in [0.15, 0.2) is 4.42 Å². The first-order valence-electron chi connectivity index (χ1n) is 4.68. The molecule has 0 amide bonds. The van der Waals surface area contributed by atoms with E-state index >= 15 is 0 Å². The lowest BCUT2D eigenvalue weighted by Gasteiger charge is -1.89. The number of nitrogens with zero attached hydrogens (tertiary/aromatic N) is 2. The van der Waals surface area contributed by atoms with Crippen molar-refractivity contribution in [3.8, 4) is 0 Å². The van der Waals surface area contributed by atoms with Crippen LogP contribution in [0.25, 0.3) is 0 Å². The van der Waals surface area contributed by atoms with Crippen molar-refractivity contribution >= 4 is 0 Å². The van der Waals surface area contributed by atoms with Gasteiger partial charge in [0.2, 0.25) is 11.8 Å². The van der Waals surface area contributed by atoms with Gasteiger partial charge in [0.1, 0.15) is 0 Å². The van der Waals surface area contributed by atoms with Crippen LogP contribution in [0.1, 0.15) is 44.9 Å². The van der Waals surface area contributed by atoms with Gasteiger partial charge in [-0.25, -0.2) is 0 Å². The van der Waals surface area contributed by atoms with Crippen molar-refractivity contribution < 1.29 is 4.42 Å². The maximum absolute atomic E-state index is 5.40. The Bertz CT molecular complexity index is 220. The molecule has 1 aromatic heterocycles. The average molecular weight is 168 g/mol. The van der Waals surface area contributed by atoms with E-state index in [2.05, 4.69) is 24.0 Å². The highest BCUT2D eigenvalue weighted by molar-refractivity contribution is 4.81. The minimum atomic E-state index is 0.781. The molecule has 1 aromatic rings. The molecule has 0 radical (unpaired) electrons. The first-order valence-corrected chi connectivity index (χ1v) is 4.68. The molecule has 3 heteroatoms. The Morgan fingerprint density at radius 3 is 2.25 bits per heavy atom. The lowest BCUT2D eigenvalue weighted by molar-refractivity contribution is 0.441. The minimum absolute atomic E-state index is 0.781. The minimum Gasteiger partial charge on any atom is -0.425 e. The van der Waals surface area contributed by atoms with Gasteiger partial charge in [-0.2, -0.15) is 0 Å². The van der Waals surface area contributed by atoms with Gasteiger partial charge in [0.25, 0.3) is 0 Å². The summed E-state index contributed by atoms with van der Waals surface area (Å²) in [7, 11) is 0. The number of hydrogen-bond acceptors (Lipinski definition) is 3. The molecule has 0 saturated heterocycles. The van der Waals surface area contributed by atoms with E-state index in [4.69, 9.17) is 4.42 Å². The van der Waals surface area contributed by atoms with E-state index in [1.165, 1.54) is 6.42 Å². The van der Waals surface area contributed by atoms with Gasteiger partial charge in [0, 0.05) is 12.8 Å². The van der Waals surface area contributed by atoms with E-state index in [0.717, 1.165) is 37.5 Å². The van der Waals surface area contributed by atoms with Gasteiger partial charge in [0.05, 0.1) is 0 Å². The Morgan fingerprint density at radius 1 is 1.00 bits per heavy atom. The Kier molecular flexibility index (Phi) is 3.77. The molecule has 0 bridgehead atoms. The molecule has 0 spiro atoms. The van der Waals surface area contributed by atoms with Crippen LogP contribution in [0.4, 0.5) is 0 Å². The van der Waals surface area contributed by atoms with Gasteiger partial charge in [-0.15, -0.1) is 10.2 Å². The summed E-state index contributed by atoms with van der Waals surface area (Å²) in [5, 5.41) is 7.90. The monoisotopic (exact) mass is 168 g/mol. The van der Waals surface area contributed by atoms with E-state index < -0.39 is 0 Å². The highest BCUT2D eigenvalue weighted by atomic mass is 16.4. The topological polar surface area (TPSA) is 38.9 Å². The molecular formula is C9H16N2O. The molecule has 1 heterocycles. The van der Waals surface area contributed by atoms with Crippen molar-refractivity contribution in [2.24, 2.45) is 0 Å². The standard InChI is InChI=1S/C9H16N2O/c1-3-5-7-9-11-10-8(12-9)6-4-2/h3-7H2,1-2H3. The Hall–Kier alpha value is -0.860. The van der Waals surface area contributed by atoms with Gasteiger partial charge in [0.15, 0.2) is 0 Å². The van der Waals surface area contributed by atoms with Crippen LogP contribution >= 0.6 is 0 Å². The summed E-state index contributed by atoms with van der Waals surface area (Å²) in [4.78, 5) is 0. The van der Waals surface area contributed by atoms with Gasteiger partial charge in [-0.3, -0.25) is 0 Å². The summed E-state index contributed by atoms with van der Waals surface area (Å²) >= 11 is 0. The van der Waals surface area contributed by atoms with Gasteiger partial charge < -0.3 is 4.42 Å². The molecule has 0 atom stereocenters. The molecule has 12 heavy (non-hydrogen) atoms. The molecule has 0 aliphatic heterocycles. The van der Waals surface area contributed by atoms with Crippen molar-refractivity contribution in [3.63, 3.8) is 0 Å². The smallest absolute Gasteiger partial charge is 0.216 e. The molecule has 0 N–H and O–H groups in total. The molecule has 0 fully saturated rings. The molecule has 0 aliphatic rings. The van der Waals surface area contributed by atoms with Crippen LogP contribution in [-0.4, -0.2) is 10.2 Å². The third kappa shape index (κ3) is 2.64. The Morgan fingerprint density at radius 2 is 1.67 bits per heavy atom. The van der Waals surface area contributed by atoms with Crippen molar-refractivity contribution in [2.75, 3.05) is 0 Å². The van der Waals surface area contributed by atoms with Gasteiger partial charge >= 0.3 is 0 Å². The normalized spacial score (nSPS) is 10.5. The second-order valence-corrected chi connectivity index (χ2v) is 2.94. The fraction of sp³-hybridized carbons (Fsp3) is 0.778. The van der Waals surface area contributed by atoms with E-state index in [1.54, 1.807) is 0 Å². The summed E-state index contributed by atoms with van der Waals surface area (Å²) < 4.78 is 5.40. The first kappa shape index (κ1) is 9.23. The summed E-state index contributed by atoms with van der Waals surface area (Å²) in [6.45, 7) is 4.26. The third-order valence-electron chi connectivity index (χ3n) is 1.72. The zero-order chi connectivity index (χ0) is 8.81. The summed E-state index contributed by atoms with van der Waals surface area (Å²) in [5.41, 5.74) is 0. The summed E-state index contributed by atoms with van der Waals surface area (Å²) in [6.07, 6.45) is 5.20.